The molecule has 0 aromatic heterocycles. The smallest absolute Gasteiger partial charge is 0.339 e. The van der Waals surface area contributed by atoms with E-state index in [1.807, 2.05) is 0 Å². The molecule has 3 aromatic carbocycles. The number of carbonyl (C=O) groups is 2. The maximum atomic E-state index is 13.0. The molecule has 1 aliphatic rings. The summed E-state index contributed by atoms with van der Waals surface area (Å²) in [5.41, 5.74) is -0.982. The predicted octanol–water partition coefficient (Wildman–Crippen LogP) is 0.534. The van der Waals surface area contributed by atoms with Crippen LogP contribution in [-0.4, -0.2) is 95.2 Å². The lowest BCUT2D eigenvalue weighted by Crippen LogP contribution is -2.62. The van der Waals surface area contributed by atoms with Crippen LogP contribution in [0.4, 0.5) is 0 Å². The molecular formula is C26H24O15. The van der Waals surface area contributed by atoms with E-state index in [1.54, 1.807) is 0 Å². The summed E-state index contributed by atoms with van der Waals surface area (Å²) in [6, 6.07) is 8.12. The van der Waals surface area contributed by atoms with Crippen molar-refractivity contribution >= 4 is 11.9 Å². The molecule has 9 N–H and O–H groups in total. The molecule has 0 bridgehead atoms. The van der Waals surface area contributed by atoms with Gasteiger partial charge in [-0.3, -0.25) is 0 Å². The van der Waals surface area contributed by atoms with Crippen molar-refractivity contribution < 1.29 is 74.5 Å². The molecule has 5 atom stereocenters. The Balaban J connectivity index is 1.71. The molecule has 1 fully saturated rings. The Bertz CT molecular complexity index is 1390. The summed E-state index contributed by atoms with van der Waals surface area (Å²) in [5.74, 6) is -7.96. The fourth-order valence-electron chi connectivity index (χ4n) is 3.88. The number of hydrogen-bond acceptors (Lipinski definition) is 15. The average molecular weight is 576 g/mol. The SMILES string of the molecule is O=C(O[C@H]1[C@H](Oc2ccc(O)cc2)O[C@H](CO)[C@@H](O)[C@@H]1OC(=O)c1cc(O)c(O)c(O)c1)c1cc(O)c(O)c(O)c1. The number of aliphatic hydroxyl groups is 2. The first-order chi connectivity index (χ1) is 19.4. The van der Waals surface area contributed by atoms with Crippen LogP contribution in [0.15, 0.2) is 48.5 Å². The van der Waals surface area contributed by atoms with E-state index in [-0.39, 0.29) is 11.5 Å². The highest BCUT2D eigenvalue weighted by atomic mass is 16.7. The molecule has 0 spiro atoms. The number of phenolic OH excluding ortho intramolecular Hbond substituents is 7. The predicted molar refractivity (Wildman–Crippen MR) is 132 cm³/mol. The van der Waals surface area contributed by atoms with E-state index in [9.17, 15) is 55.5 Å². The molecule has 4 rings (SSSR count). The van der Waals surface area contributed by atoms with E-state index in [0.717, 1.165) is 24.3 Å². The highest BCUT2D eigenvalue weighted by Gasteiger charge is 2.51. The van der Waals surface area contributed by atoms with Gasteiger partial charge in [-0.1, -0.05) is 0 Å². The second kappa shape index (κ2) is 11.5. The van der Waals surface area contributed by atoms with Gasteiger partial charge in [0.05, 0.1) is 17.7 Å². The Kier molecular flexibility index (Phi) is 8.13. The van der Waals surface area contributed by atoms with Crippen molar-refractivity contribution in [1.82, 2.24) is 0 Å². The van der Waals surface area contributed by atoms with Crippen molar-refractivity contribution in [3.05, 3.63) is 59.7 Å². The van der Waals surface area contributed by atoms with Crippen LogP contribution in [0.1, 0.15) is 20.7 Å². The molecule has 1 saturated heterocycles. The van der Waals surface area contributed by atoms with E-state index < -0.39 is 94.9 Å². The summed E-state index contributed by atoms with van der Waals surface area (Å²) < 4.78 is 22.0. The van der Waals surface area contributed by atoms with Crippen LogP contribution in [0.5, 0.6) is 46.0 Å². The molecule has 15 nitrogen and oxygen atoms in total. The van der Waals surface area contributed by atoms with Crippen molar-refractivity contribution in [1.29, 1.82) is 0 Å². The minimum absolute atomic E-state index is 0.0420. The summed E-state index contributed by atoms with van der Waals surface area (Å²) in [7, 11) is 0. The second-order valence-corrected chi connectivity index (χ2v) is 8.79. The number of rotatable bonds is 7. The lowest BCUT2D eigenvalue weighted by atomic mass is 9.98. The molecular weight excluding hydrogens is 552 g/mol. The van der Waals surface area contributed by atoms with Crippen molar-refractivity contribution in [2.24, 2.45) is 0 Å². The average Bonchev–Trinajstić information content (AvgIpc) is 2.93. The van der Waals surface area contributed by atoms with Crippen LogP contribution >= 0.6 is 0 Å². The molecule has 41 heavy (non-hydrogen) atoms. The Morgan fingerprint density at radius 2 is 1.15 bits per heavy atom. The van der Waals surface area contributed by atoms with Gasteiger partial charge in [0, 0.05) is 0 Å². The molecule has 1 aliphatic heterocycles. The molecule has 15 heteroatoms. The Morgan fingerprint density at radius 3 is 1.59 bits per heavy atom. The van der Waals surface area contributed by atoms with Crippen LogP contribution in [-0.2, 0) is 14.2 Å². The molecule has 3 aromatic rings. The summed E-state index contributed by atoms with van der Waals surface area (Å²) in [5, 5.41) is 88.5. The van der Waals surface area contributed by atoms with Crippen LogP contribution in [0, 0.1) is 0 Å². The van der Waals surface area contributed by atoms with Gasteiger partial charge in [0.1, 0.15) is 23.7 Å². The largest absolute Gasteiger partial charge is 0.508 e. The maximum Gasteiger partial charge on any atom is 0.339 e. The zero-order valence-electron chi connectivity index (χ0n) is 20.7. The molecule has 0 radical (unpaired) electrons. The Hall–Kier alpha value is -5.12. The number of aromatic hydroxyl groups is 7. The first-order valence-electron chi connectivity index (χ1n) is 11.7. The lowest BCUT2D eigenvalue weighted by Gasteiger charge is -2.42. The number of carbonyl (C=O) groups excluding carboxylic acids is 2. The number of ether oxygens (including phenoxy) is 4. The van der Waals surface area contributed by atoms with Gasteiger partial charge in [-0.25, -0.2) is 9.59 Å². The van der Waals surface area contributed by atoms with Gasteiger partial charge >= 0.3 is 11.9 Å². The molecule has 0 aliphatic carbocycles. The van der Waals surface area contributed by atoms with Gasteiger partial charge in [0.25, 0.3) is 0 Å². The molecule has 1 heterocycles. The molecule has 0 saturated carbocycles. The van der Waals surface area contributed by atoms with Gasteiger partial charge in [-0.15, -0.1) is 0 Å². The topological polar surface area (TPSA) is 253 Å². The number of phenols is 7. The Morgan fingerprint density at radius 1 is 0.707 bits per heavy atom. The second-order valence-electron chi connectivity index (χ2n) is 8.79. The summed E-state index contributed by atoms with van der Waals surface area (Å²) >= 11 is 0. The fraction of sp³-hybridized carbons (Fsp3) is 0.231. The zero-order valence-corrected chi connectivity index (χ0v) is 20.7. The number of aliphatic hydroxyl groups excluding tert-OH is 2. The quantitative estimate of drug-likeness (QED) is 0.137. The van der Waals surface area contributed by atoms with Gasteiger partial charge in [0.2, 0.25) is 12.4 Å². The third-order valence-corrected chi connectivity index (χ3v) is 5.98. The first kappa shape index (κ1) is 28.9. The van der Waals surface area contributed by atoms with Crippen LogP contribution in [0.2, 0.25) is 0 Å². The van der Waals surface area contributed by atoms with E-state index in [2.05, 4.69) is 0 Å². The Labute approximate surface area is 229 Å². The third kappa shape index (κ3) is 6.06. The van der Waals surface area contributed by atoms with Crippen molar-refractivity contribution in [2.45, 2.75) is 30.7 Å². The van der Waals surface area contributed by atoms with Gasteiger partial charge in [-0.2, -0.15) is 0 Å². The van der Waals surface area contributed by atoms with E-state index >= 15 is 0 Å². The highest BCUT2D eigenvalue weighted by Crippen LogP contribution is 2.38. The fourth-order valence-corrected chi connectivity index (χ4v) is 3.88. The highest BCUT2D eigenvalue weighted by molar-refractivity contribution is 5.92. The lowest BCUT2D eigenvalue weighted by molar-refractivity contribution is -0.276. The van der Waals surface area contributed by atoms with E-state index in [1.165, 1.54) is 24.3 Å². The summed E-state index contributed by atoms with van der Waals surface area (Å²) in [4.78, 5) is 26.0. The van der Waals surface area contributed by atoms with Gasteiger partial charge in [0.15, 0.2) is 40.6 Å². The van der Waals surface area contributed by atoms with E-state index in [4.69, 9.17) is 18.9 Å². The van der Waals surface area contributed by atoms with Gasteiger partial charge in [-0.05, 0) is 48.5 Å². The van der Waals surface area contributed by atoms with Crippen LogP contribution in [0.25, 0.3) is 0 Å². The number of benzene rings is 3. The number of esters is 2. The molecule has 218 valence electrons. The van der Waals surface area contributed by atoms with Gasteiger partial charge < -0.3 is 64.9 Å². The minimum Gasteiger partial charge on any atom is -0.508 e. The van der Waals surface area contributed by atoms with Crippen LogP contribution in [0.3, 0.4) is 0 Å². The summed E-state index contributed by atoms with van der Waals surface area (Å²) in [6.07, 6.45) is -8.69. The van der Waals surface area contributed by atoms with Crippen molar-refractivity contribution in [3.63, 3.8) is 0 Å². The first-order valence-corrected chi connectivity index (χ1v) is 11.7. The monoisotopic (exact) mass is 576 g/mol. The normalized spacial score (nSPS) is 22.0. The summed E-state index contributed by atoms with van der Waals surface area (Å²) in [6.45, 7) is -0.828. The standard InChI is InChI=1S/C26H24O15/c27-9-18-21(35)22(40-24(36)10-5-14(29)19(33)15(30)6-10)23(26(39-18)38-13-3-1-12(28)2-4-13)41-25(37)11-7-16(31)20(34)17(32)8-11/h1-8,18,21-23,26-35H,9H2/t18-,21-,22+,23-,26-/m1/s1. The minimum atomic E-state index is -1.86. The van der Waals surface area contributed by atoms with Crippen molar-refractivity contribution in [3.8, 4) is 46.0 Å². The third-order valence-electron chi connectivity index (χ3n) is 5.98. The number of hydrogen-bond donors (Lipinski definition) is 9. The van der Waals surface area contributed by atoms with E-state index in [0.29, 0.717) is 0 Å². The molecule has 0 unspecified atom stereocenters. The zero-order chi connectivity index (χ0) is 30.0. The van der Waals surface area contributed by atoms with Crippen molar-refractivity contribution in [2.75, 3.05) is 6.61 Å². The molecule has 0 amide bonds. The van der Waals surface area contributed by atoms with Crippen LogP contribution < -0.4 is 4.74 Å². The maximum absolute atomic E-state index is 13.0.